The largest absolute Gasteiger partial charge is 0.401 e. The lowest BCUT2D eigenvalue weighted by atomic mass is 10.1. The Bertz CT molecular complexity index is 348. The van der Waals surface area contributed by atoms with Crippen LogP contribution in [0, 0.1) is 5.92 Å². The molecule has 2 aliphatic heterocycles. The topological polar surface area (TPSA) is 35.6 Å². The Morgan fingerprint density at radius 1 is 1.24 bits per heavy atom. The van der Waals surface area contributed by atoms with Crippen molar-refractivity contribution in [1.29, 1.82) is 0 Å². The van der Waals surface area contributed by atoms with Gasteiger partial charge in [-0.15, -0.1) is 0 Å². The molecule has 0 aliphatic carbocycles. The molecule has 0 unspecified atom stereocenters. The molecule has 0 bridgehead atoms. The third kappa shape index (κ3) is 5.94. The van der Waals surface area contributed by atoms with Crippen molar-refractivity contribution in [2.24, 2.45) is 5.92 Å². The van der Waals surface area contributed by atoms with Gasteiger partial charge in [-0.1, -0.05) is 0 Å². The number of carbonyl (C=O) groups excluding carboxylic acids is 1. The van der Waals surface area contributed by atoms with Crippen LogP contribution in [-0.2, 0) is 0 Å². The number of carbonyl (C=O) groups is 1. The lowest BCUT2D eigenvalue weighted by Crippen LogP contribution is -2.44. The molecule has 2 saturated heterocycles. The number of thioether (sulfide) groups is 1. The molecule has 0 saturated carbocycles. The second kappa shape index (κ2) is 7.58. The zero-order chi connectivity index (χ0) is 15.3. The summed E-state index contributed by atoms with van der Waals surface area (Å²) in [4.78, 5) is 15.1. The zero-order valence-electron chi connectivity index (χ0n) is 12.0. The van der Waals surface area contributed by atoms with Crippen molar-refractivity contribution in [3.05, 3.63) is 0 Å². The third-order valence-electron chi connectivity index (χ3n) is 3.84. The van der Waals surface area contributed by atoms with Gasteiger partial charge in [0.1, 0.15) is 0 Å². The summed E-state index contributed by atoms with van der Waals surface area (Å²) in [6.45, 7) is 1.35. The highest BCUT2D eigenvalue weighted by molar-refractivity contribution is 7.99. The van der Waals surface area contributed by atoms with Crippen molar-refractivity contribution >= 4 is 17.8 Å². The van der Waals surface area contributed by atoms with E-state index in [0.717, 1.165) is 17.9 Å². The molecule has 0 aromatic rings. The molecule has 21 heavy (non-hydrogen) atoms. The van der Waals surface area contributed by atoms with E-state index < -0.39 is 12.7 Å². The van der Waals surface area contributed by atoms with Crippen LogP contribution in [0.4, 0.5) is 18.0 Å². The number of nitrogens with zero attached hydrogens (tertiary/aromatic N) is 2. The molecule has 2 rings (SSSR count). The first-order valence-corrected chi connectivity index (χ1v) is 8.49. The summed E-state index contributed by atoms with van der Waals surface area (Å²) in [5.74, 6) is 2.77. The Morgan fingerprint density at radius 2 is 2.05 bits per heavy atom. The van der Waals surface area contributed by atoms with Crippen molar-refractivity contribution in [2.45, 2.75) is 19.0 Å². The average Bonchev–Trinajstić information content (AvgIpc) is 2.81. The van der Waals surface area contributed by atoms with Gasteiger partial charge in [-0.2, -0.15) is 24.9 Å². The quantitative estimate of drug-likeness (QED) is 0.862. The molecule has 2 aliphatic rings. The van der Waals surface area contributed by atoms with Crippen LogP contribution in [0.15, 0.2) is 0 Å². The molecule has 0 aromatic heterocycles. The Morgan fingerprint density at radius 3 is 2.71 bits per heavy atom. The van der Waals surface area contributed by atoms with Gasteiger partial charge in [-0.3, -0.25) is 4.90 Å². The van der Waals surface area contributed by atoms with Gasteiger partial charge < -0.3 is 10.2 Å². The van der Waals surface area contributed by atoms with E-state index >= 15 is 0 Å². The van der Waals surface area contributed by atoms with Crippen molar-refractivity contribution in [3.63, 3.8) is 0 Å². The van der Waals surface area contributed by atoms with E-state index in [0.29, 0.717) is 38.5 Å². The normalized spacial score (nSPS) is 24.9. The molecule has 0 spiro atoms. The molecule has 2 heterocycles. The molecule has 1 atom stereocenters. The molecule has 8 heteroatoms. The summed E-state index contributed by atoms with van der Waals surface area (Å²) in [5.41, 5.74) is 0. The van der Waals surface area contributed by atoms with E-state index in [-0.39, 0.29) is 12.6 Å². The summed E-state index contributed by atoms with van der Waals surface area (Å²) in [7, 11) is 0. The van der Waals surface area contributed by atoms with Crippen LogP contribution in [0.25, 0.3) is 0 Å². The van der Waals surface area contributed by atoms with Gasteiger partial charge in [0.05, 0.1) is 6.54 Å². The van der Waals surface area contributed by atoms with Gasteiger partial charge in [-0.05, 0) is 30.3 Å². The van der Waals surface area contributed by atoms with Gasteiger partial charge in [0.15, 0.2) is 0 Å². The smallest absolute Gasteiger partial charge is 0.338 e. The first-order chi connectivity index (χ1) is 9.94. The van der Waals surface area contributed by atoms with Crippen LogP contribution in [-0.4, -0.2) is 72.8 Å². The molecule has 0 aromatic carbocycles. The zero-order valence-corrected chi connectivity index (χ0v) is 12.8. The Hall–Kier alpha value is -0.630. The van der Waals surface area contributed by atoms with Crippen LogP contribution in [0.1, 0.15) is 12.8 Å². The van der Waals surface area contributed by atoms with E-state index in [1.165, 1.54) is 4.90 Å². The molecule has 4 nitrogen and oxygen atoms in total. The summed E-state index contributed by atoms with van der Waals surface area (Å²) in [5, 5.41) is 2.92. The van der Waals surface area contributed by atoms with E-state index in [1.807, 2.05) is 11.8 Å². The van der Waals surface area contributed by atoms with Crippen LogP contribution in [0.3, 0.4) is 0 Å². The summed E-state index contributed by atoms with van der Waals surface area (Å²) in [6, 6.07) is -0.138. The molecule has 2 fully saturated rings. The first-order valence-electron chi connectivity index (χ1n) is 7.34. The second-order valence-corrected chi connectivity index (χ2v) is 6.80. The van der Waals surface area contributed by atoms with Crippen molar-refractivity contribution in [1.82, 2.24) is 15.1 Å². The van der Waals surface area contributed by atoms with Crippen molar-refractivity contribution < 1.29 is 18.0 Å². The monoisotopic (exact) mass is 325 g/mol. The van der Waals surface area contributed by atoms with Gasteiger partial charge in [0.2, 0.25) is 0 Å². The van der Waals surface area contributed by atoms with Crippen LogP contribution in [0.2, 0.25) is 0 Å². The third-order valence-corrected chi connectivity index (χ3v) is 5.08. The molecule has 1 N–H and O–H groups in total. The van der Waals surface area contributed by atoms with Crippen LogP contribution in [0.5, 0.6) is 0 Å². The Balaban J connectivity index is 1.72. The van der Waals surface area contributed by atoms with E-state index in [2.05, 4.69) is 5.32 Å². The number of nitrogens with one attached hydrogen (secondary N) is 1. The standard InChI is InChI=1S/C13H22F3N3OS/c14-13(15,16)10-18-3-1-4-19(6-5-18)12(20)17-8-11-2-7-21-9-11/h11H,1-10H2,(H,17,20)/t11-/m0/s1. The second-order valence-electron chi connectivity index (χ2n) is 5.65. The van der Waals surface area contributed by atoms with Crippen molar-refractivity contribution in [3.8, 4) is 0 Å². The number of alkyl halides is 3. The Labute approximate surface area is 127 Å². The Kier molecular flexibility index (Phi) is 6.04. The minimum atomic E-state index is -4.17. The SMILES string of the molecule is O=C(NC[C@@H]1CCSC1)N1CCCN(CC(F)(F)F)CC1. The number of rotatable bonds is 3. The predicted octanol–water partition coefficient (Wildman–Crippen LogP) is 2.02. The maximum Gasteiger partial charge on any atom is 0.401 e. The van der Waals surface area contributed by atoms with Gasteiger partial charge >= 0.3 is 12.2 Å². The van der Waals surface area contributed by atoms with Crippen LogP contribution < -0.4 is 5.32 Å². The number of hydrogen-bond acceptors (Lipinski definition) is 3. The number of amides is 2. The fourth-order valence-electron chi connectivity index (χ4n) is 2.67. The lowest BCUT2D eigenvalue weighted by Gasteiger charge is -2.23. The minimum Gasteiger partial charge on any atom is -0.338 e. The van der Waals surface area contributed by atoms with E-state index in [9.17, 15) is 18.0 Å². The number of halogens is 3. The fourth-order valence-corrected chi connectivity index (χ4v) is 3.96. The summed E-state index contributed by atoms with van der Waals surface area (Å²) in [6.07, 6.45) is -2.45. The average molecular weight is 325 g/mol. The fraction of sp³-hybridized carbons (Fsp3) is 0.923. The lowest BCUT2D eigenvalue weighted by molar-refractivity contribution is -0.145. The summed E-state index contributed by atoms with van der Waals surface area (Å²) >= 11 is 1.90. The molecule has 0 radical (unpaired) electrons. The summed E-state index contributed by atoms with van der Waals surface area (Å²) < 4.78 is 37.2. The van der Waals surface area contributed by atoms with E-state index in [4.69, 9.17) is 0 Å². The predicted molar refractivity (Wildman–Crippen MR) is 77.5 cm³/mol. The first kappa shape index (κ1) is 16.7. The number of hydrogen-bond donors (Lipinski definition) is 1. The number of urea groups is 1. The van der Waals surface area contributed by atoms with Gasteiger partial charge in [-0.25, -0.2) is 4.79 Å². The van der Waals surface area contributed by atoms with Crippen molar-refractivity contribution in [2.75, 3.05) is 50.8 Å². The minimum absolute atomic E-state index is 0.138. The molecule has 2 amide bonds. The highest BCUT2D eigenvalue weighted by Gasteiger charge is 2.31. The van der Waals surface area contributed by atoms with E-state index in [1.54, 1.807) is 4.90 Å². The maximum atomic E-state index is 12.4. The molecule has 122 valence electrons. The highest BCUT2D eigenvalue weighted by atomic mass is 32.2. The van der Waals surface area contributed by atoms with Gasteiger partial charge in [0, 0.05) is 32.7 Å². The van der Waals surface area contributed by atoms with Crippen LogP contribution >= 0.6 is 11.8 Å². The highest BCUT2D eigenvalue weighted by Crippen LogP contribution is 2.22. The molecular weight excluding hydrogens is 303 g/mol. The van der Waals surface area contributed by atoms with Gasteiger partial charge in [0.25, 0.3) is 0 Å². The maximum absolute atomic E-state index is 12.4. The molecular formula is C13H22F3N3OS.